The van der Waals surface area contributed by atoms with Crippen LogP contribution in [0.3, 0.4) is 0 Å². The number of hydrogen-bond acceptors (Lipinski definition) is 5. The number of rotatable bonds is 5. The second-order valence-corrected chi connectivity index (χ2v) is 4.66. The number of hydrogen-bond donors (Lipinski definition) is 3. The fourth-order valence-electron chi connectivity index (χ4n) is 1.92. The van der Waals surface area contributed by atoms with Gasteiger partial charge in [0, 0.05) is 17.3 Å². The lowest BCUT2D eigenvalue weighted by molar-refractivity contribution is -0.137. The molecule has 0 spiro atoms. The van der Waals surface area contributed by atoms with Crippen molar-refractivity contribution in [1.29, 1.82) is 0 Å². The number of nitrogens with one attached hydrogen (secondary N) is 2. The summed E-state index contributed by atoms with van der Waals surface area (Å²) >= 11 is 0. The second-order valence-electron chi connectivity index (χ2n) is 4.66. The van der Waals surface area contributed by atoms with E-state index in [1.165, 1.54) is 24.6 Å². The van der Waals surface area contributed by atoms with Crippen molar-refractivity contribution in [2.24, 2.45) is 5.10 Å². The van der Waals surface area contributed by atoms with Crippen LogP contribution in [0.4, 0.5) is 18.9 Å². The Morgan fingerprint density at radius 2 is 2.18 bits per heavy atom. The first-order valence-corrected chi connectivity index (χ1v) is 6.69. The molecule has 0 bridgehead atoms. The van der Waals surface area contributed by atoms with E-state index in [-0.39, 0.29) is 23.8 Å². The Morgan fingerprint density at radius 3 is 2.73 bits per heavy atom. The Kier molecular flexibility index (Phi) is 4.92. The van der Waals surface area contributed by atoms with Crippen molar-refractivity contribution in [1.82, 2.24) is 5.43 Å². The maximum absolute atomic E-state index is 13.2. The normalized spacial score (nSPS) is 15.6. The van der Waals surface area contributed by atoms with E-state index >= 15 is 0 Å². The summed E-state index contributed by atoms with van der Waals surface area (Å²) in [6.45, 7) is 1.53. The van der Waals surface area contributed by atoms with Crippen molar-refractivity contribution in [3.05, 3.63) is 41.8 Å². The van der Waals surface area contributed by atoms with Crippen LogP contribution in [0.1, 0.15) is 24.5 Å². The highest BCUT2D eigenvalue weighted by molar-refractivity contribution is 5.95. The Hall–Kier alpha value is -2.22. The highest BCUT2D eigenvalue weighted by atomic mass is 19.4. The van der Waals surface area contributed by atoms with E-state index in [9.17, 15) is 13.2 Å². The van der Waals surface area contributed by atoms with Crippen LogP contribution in [0.5, 0.6) is 0 Å². The molecular weight excluding hydrogens is 299 g/mol. The van der Waals surface area contributed by atoms with E-state index in [1.54, 1.807) is 6.92 Å². The first-order valence-electron chi connectivity index (χ1n) is 6.69. The zero-order valence-corrected chi connectivity index (χ0v) is 11.8. The first kappa shape index (κ1) is 16.2. The van der Waals surface area contributed by atoms with Crippen molar-refractivity contribution in [3.63, 3.8) is 0 Å². The van der Waals surface area contributed by atoms with Crippen molar-refractivity contribution in [3.8, 4) is 0 Å². The van der Waals surface area contributed by atoms with Gasteiger partial charge >= 0.3 is 6.18 Å². The van der Waals surface area contributed by atoms with E-state index in [0.29, 0.717) is 6.42 Å². The molecule has 0 radical (unpaired) electrons. The van der Waals surface area contributed by atoms with E-state index in [4.69, 9.17) is 9.84 Å². The third kappa shape index (κ3) is 3.70. The fourth-order valence-corrected chi connectivity index (χ4v) is 1.92. The van der Waals surface area contributed by atoms with Crippen LogP contribution in [0.25, 0.3) is 0 Å². The summed E-state index contributed by atoms with van der Waals surface area (Å²) in [4.78, 5) is 0. The lowest BCUT2D eigenvalue weighted by Gasteiger charge is -2.21. The van der Waals surface area contributed by atoms with Gasteiger partial charge in [-0.15, -0.1) is 5.10 Å². The molecule has 0 saturated heterocycles. The number of hydrazone groups is 1. The largest absolute Gasteiger partial charge is 0.443 e. The van der Waals surface area contributed by atoms with Crippen molar-refractivity contribution < 1.29 is 23.0 Å². The summed E-state index contributed by atoms with van der Waals surface area (Å²) in [5.74, 6) is 0.0498. The standard InChI is InChI=1S/C14H16F3N3O2/c1-2-10(8-21)19-12-4-3-9(7-11(12)14(15,16)17)13-20-18-5-6-22-13/h3-7,10,18-19,21H,2,8H2,1H3/t10-/m0/s1. The third-order valence-corrected chi connectivity index (χ3v) is 3.13. The molecule has 1 aromatic rings. The van der Waals surface area contributed by atoms with Gasteiger partial charge in [0.1, 0.15) is 6.26 Å². The highest BCUT2D eigenvalue weighted by Gasteiger charge is 2.34. The van der Waals surface area contributed by atoms with Crippen molar-refractivity contribution in [2.45, 2.75) is 25.6 Å². The SMILES string of the molecule is CC[C@@H](CO)Nc1ccc(C2=NNC=CO2)cc1C(F)(F)F. The van der Waals surface area contributed by atoms with Gasteiger partial charge in [0.15, 0.2) is 0 Å². The summed E-state index contributed by atoms with van der Waals surface area (Å²) in [5.41, 5.74) is 1.79. The van der Waals surface area contributed by atoms with Crippen molar-refractivity contribution >= 4 is 11.6 Å². The number of nitrogens with zero attached hydrogens (tertiary/aromatic N) is 1. The minimum absolute atomic E-state index is 0.0498. The molecule has 2 rings (SSSR count). The molecule has 0 saturated carbocycles. The van der Waals surface area contributed by atoms with Gasteiger partial charge in [-0.1, -0.05) is 6.92 Å². The van der Waals surface area contributed by atoms with Crippen LogP contribution >= 0.6 is 0 Å². The fraction of sp³-hybridized carbons (Fsp3) is 0.357. The summed E-state index contributed by atoms with van der Waals surface area (Å²) in [6, 6.07) is 3.30. The van der Waals surface area contributed by atoms with Crippen LogP contribution in [-0.2, 0) is 10.9 Å². The molecule has 0 aromatic heterocycles. The molecule has 1 aromatic carbocycles. The molecule has 5 nitrogen and oxygen atoms in total. The summed E-state index contributed by atoms with van der Waals surface area (Å²) < 4.78 is 44.8. The molecule has 8 heteroatoms. The monoisotopic (exact) mass is 315 g/mol. The minimum atomic E-state index is -4.54. The topological polar surface area (TPSA) is 65.9 Å². The molecule has 120 valence electrons. The Labute approximate surface area is 125 Å². The van der Waals surface area contributed by atoms with Gasteiger partial charge in [-0.3, -0.25) is 5.43 Å². The molecule has 1 heterocycles. The van der Waals surface area contributed by atoms with Crippen LogP contribution in [-0.4, -0.2) is 23.7 Å². The van der Waals surface area contributed by atoms with E-state index in [2.05, 4.69) is 15.8 Å². The zero-order chi connectivity index (χ0) is 16.2. The van der Waals surface area contributed by atoms with E-state index < -0.39 is 17.8 Å². The molecule has 0 fully saturated rings. The first-order chi connectivity index (χ1) is 10.5. The van der Waals surface area contributed by atoms with E-state index in [1.807, 2.05) is 0 Å². The predicted octanol–water partition coefficient (Wildman–Crippen LogP) is 2.64. The number of aliphatic hydroxyl groups excluding tert-OH is 1. The maximum atomic E-state index is 13.2. The van der Waals surface area contributed by atoms with Crippen LogP contribution < -0.4 is 10.7 Å². The summed E-state index contributed by atoms with van der Waals surface area (Å²) in [7, 11) is 0. The highest BCUT2D eigenvalue weighted by Crippen LogP contribution is 2.36. The second kappa shape index (κ2) is 6.69. The van der Waals surface area contributed by atoms with Gasteiger partial charge in [-0.2, -0.15) is 13.2 Å². The van der Waals surface area contributed by atoms with Crippen LogP contribution in [0, 0.1) is 0 Å². The number of alkyl halides is 3. The molecule has 1 aliphatic rings. The Morgan fingerprint density at radius 1 is 1.41 bits per heavy atom. The summed E-state index contributed by atoms with van der Waals surface area (Å²) in [6.07, 6.45) is -1.33. The average Bonchev–Trinajstić information content (AvgIpc) is 2.52. The van der Waals surface area contributed by atoms with Crippen molar-refractivity contribution in [2.75, 3.05) is 11.9 Å². The molecule has 0 amide bonds. The molecule has 0 aliphatic carbocycles. The zero-order valence-electron chi connectivity index (χ0n) is 11.8. The number of anilines is 1. The van der Waals surface area contributed by atoms with Gasteiger partial charge in [0.2, 0.25) is 5.90 Å². The van der Waals surface area contributed by atoms with Crippen LogP contribution in [0.2, 0.25) is 0 Å². The van der Waals surface area contributed by atoms with Gasteiger partial charge in [-0.05, 0) is 24.6 Å². The van der Waals surface area contributed by atoms with Gasteiger partial charge in [0.25, 0.3) is 0 Å². The smallest absolute Gasteiger partial charge is 0.418 e. The summed E-state index contributed by atoms with van der Waals surface area (Å²) in [5, 5.41) is 15.6. The lowest BCUT2D eigenvalue weighted by atomic mass is 10.1. The number of ether oxygens (including phenoxy) is 1. The molecular formula is C14H16F3N3O2. The Balaban J connectivity index is 2.36. The quantitative estimate of drug-likeness (QED) is 0.781. The number of aliphatic hydroxyl groups is 1. The minimum Gasteiger partial charge on any atom is -0.443 e. The third-order valence-electron chi connectivity index (χ3n) is 3.13. The predicted molar refractivity (Wildman–Crippen MR) is 76.1 cm³/mol. The van der Waals surface area contributed by atoms with Gasteiger partial charge < -0.3 is 15.2 Å². The average molecular weight is 315 g/mol. The van der Waals surface area contributed by atoms with Gasteiger partial charge in [-0.25, -0.2) is 0 Å². The molecule has 3 N–H and O–H groups in total. The molecule has 1 aliphatic heterocycles. The molecule has 22 heavy (non-hydrogen) atoms. The maximum Gasteiger partial charge on any atom is 0.418 e. The van der Waals surface area contributed by atoms with Crippen LogP contribution in [0.15, 0.2) is 35.8 Å². The number of halogens is 3. The molecule has 1 atom stereocenters. The number of benzene rings is 1. The van der Waals surface area contributed by atoms with E-state index in [0.717, 1.165) is 6.07 Å². The Bertz CT molecular complexity index is 581. The lowest BCUT2D eigenvalue weighted by Crippen LogP contribution is -2.25. The molecule has 0 unspecified atom stereocenters. The van der Waals surface area contributed by atoms with Gasteiger partial charge in [0.05, 0.1) is 18.4 Å².